The lowest BCUT2D eigenvalue weighted by atomic mass is 9.92. The maximum absolute atomic E-state index is 5.84. The molecule has 3 N–H and O–H groups in total. The number of nitrogens with two attached hydrogens (primary N) is 1. The van der Waals surface area contributed by atoms with Gasteiger partial charge in [0.1, 0.15) is 0 Å². The van der Waals surface area contributed by atoms with E-state index in [0.29, 0.717) is 6.04 Å². The molecular formula is C16H26N2OS. The summed E-state index contributed by atoms with van der Waals surface area (Å²) in [4.78, 5) is 3.07. The third-order valence-corrected chi connectivity index (χ3v) is 6.07. The van der Waals surface area contributed by atoms with E-state index >= 15 is 0 Å². The van der Waals surface area contributed by atoms with Crippen molar-refractivity contribution in [2.45, 2.75) is 57.4 Å². The molecule has 3 rings (SSSR count). The van der Waals surface area contributed by atoms with Gasteiger partial charge in [0.25, 0.3) is 0 Å². The molecule has 3 nitrogen and oxygen atoms in total. The van der Waals surface area contributed by atoms with Crippen LogP contribution < -0.4 is 11.3 Å². The highest BCUT2D eigenvalue weighted by atomic mass is 32.1. The Balaban J connectivity index is 1.68. The number of ether oxygens (including phenoxy) is 1. The van der Waals surface area contributed by atoms with Crippen LogP contribution in [0.25, 0.3) is 0 Å². The van der Waals surface area contributed by atoms with Gasteiger partial charge in [0.2, 0.25) is 0 Å². The summed E-state index contributed by atoms with van der Waals surface area (Å²) in [6.07, 6.45) is 10.1. The minimum absolute atomic E-state index is 0.329. The van der Waals surface area contributed by atoms with Crippen LogP contribution in [-0.4, -0.2) is 13.2 Å². The molecule has 20 heavy (non-hydrogen) atoms. The van der Waals surface area contributed by atoms with Crippen LogP contribution in [0, 0.1) is 5.92 Å². The number of hydrazine groups is 1. The minimum Gasteiger partial charge on any atom is -0.381 e. The number of rotatable bonds is 4. The summed E-state index contributed by atoms with van der Waals surface area (Å²) in [5.74, 6) is 6.59. The molecule has 1 aliphatic carbocycles. The monoisotopic (exact) mass is 294 g/mol. The van der Waals surface area contributed by atoms with Gasteiger partial charge in [0, 0.05) is 23.0 Å². The Labute approximate surface area is 125 Å². The molecule has 2 heterocycles. The molecule has 1 fully saturated rings. The Morgan fingerprint density at radius 2 is 2.05 bits per heavy atom. The van der Waals surface area contributed by atoms with E-state index in [2.05, 4.69) is 11.5 Å². The summed E-state index contributed by atoms with van der Waals surface area (Å²) >= 11 is 2.00. The molecule has 1 atom stereocenters. The van der Waals surface area contributed by atoms with E-state index in [9.17, 15) is 0 Å². The van der Waals surface area contributed by atoms with Crippen molar-refractivity contribution >= 4 is 11.3 Å². The topological polar surface area (TPSA) is 47.3 Å². The lowest BCUT2D eigenvalue weighted by Gasteiger charge is -2.25. The van der Waals surface area contributed by atoms with Gasteiger partial charge in [-0.2, -0.15) is 0 Å². The fourth-order valence-corrected chi connectivity index (χ4v) is 4.77. The van der Waals surface area contributed by atoms with Crippen LogP contribution in [-0.2, 0) is 17.6 Å². The van der Waals surface area contributed by atoms with E-state index in [1.54, 1.807) is 10.4 Å². The third-order valence-electron chi connectivity index (χ3n) is 4.72. The zero-order valence-electron chi connectivity index (χ0n) is 12.2. The molecule has 1 saturated heterocycles. The van der Waals surface area contributed by atoms with Crippen molar-refractivity contribution in [3.05, 3.63) is 21.4 Å². The third kappa shape index (κ3) is 3.42. The first-order valence-corrected chi connectivity index (χ1v) is 8.84. The van der Waals surface area contributed by atoms with Crippen LogP contribution in [0.1, 0.15) is 59.9 Å². The van der Waals surface area contributed by atoms with Crippen LogP contribution in [0.3, 0.4) is 0 Å². The van der Waals surface area contributed by atoms with Crippen LogP contribution in [0.2, 0.25) is 0 Å². The molecular weight excluding hydrogens is 268 g/mol. The summed E-state index contributed by atoms with van der Waals surface area (Å²) < 4.78 is 5.45. The molecule has 0 spiro atoms. The average Bonchev–Trinajstić information content (AvgIpc) is 2.76. The Hall–Kier alpha value is -0.420. The molecule has 1 aromatic rings. The fourth-order valence-electron chi connectivity index (χ4n) is 3.44. The molecule has 1 unspecified atom stereocenters. The maximum Gasteiger partial charge on any atom is 0.0556 e. The van der Waals surface area contributed by atoms with E-state index in [0.717, 1.165) is 25.6 Å². The van der Waals surface area contributed by atoms with E-state index in [-0.39, 0.29) is 0 Å². The maximum atomic E-state index is 5.84. The average molecular weight is 294 g/mol. The number of hydrogen-bond acceptors (Lipinski definition) is 4. The van der Waals surface area contributed by atoms with E-state index in [1.807, 2.05) is 11.3 Å². The summed E-state index contributed by atoms with van der Waals surface area (Å²) in [6.45, 7) is 1.84. The van der Waals surface area contributed by atoms with E-state index in [4.69, 9.17) is 10.6 Å². The smallest absolute Gasteiger partial charge is 0.0556 e. The Kier molecular flexibility index (Phi) is 5.10. The van der Waals surface area contributed by atoms with Crippen LogP contribution in [0.5, 0.6) is 0 Å². The van der Waals surface area contributed by atoms with Crippen molar-refractivity contribution in [1.29, 1.82) is 0 Å². The second-order valence-corrected chi connectivity index (χ2v) is 7.34. The van der Waals surface area contributed by atoms with Gasteiger partial charge in [0.15, 0.2) is 0 Å². The normalized spacial score (nSPS) is 22.2. The van der Waals surface area contributed by atoms with Gasteiger partial charge in [-0.3, -0.25) is 11.3 Å². The zero-order valence-corrected chi connectivity index (χ0v) is 13.0. The highest BCUT2D eigenvalue weighted by molar-refractivity contribution is 7.12. The number of thiophene rings is 1. The van der Waals surface area contributed by atoms with Crippen molar-refractivity contribution in [2.24, 2.45) is 11.8 Å². The van der Waals surface area contributed by atoms with Crippen molar-refractivity contribution in [3.8, 4) is 0 Å². The molecule has 0 aromatic carbocycles. The van der Waals surface area contributed by atoms with Crippen molar-refractivity contribution in [1.82, 2.24) is 5.43 Å². The molecule has 1 aliphatic heterocycles. The zero-order chi connectivity index (χ0) is 13.8. The lowest BCUT2D eigenvalue weighted by Crippen LogP contribution is -2.30. The Morgan fingerprint density at radius 3 is 2.85 bits per heavy atom. The first-order chi connectivity index (χ1) is 9.86. The highest BCUT2D eigenvalue weighted by Gasteiger charge is 2.22. The van der Waals surface area contributed by atoms with Crippen LogP contribution in [0.15, 0.2) is 6.07 Å². The Morgan fingerprint density at radius 1 is 1.25 bits per heavy atom. The predicted octanol–water partition coefficient (Wildman–Crippen LogP) is 3.34. The summed E-state index contributed by atoms with van der Waals surface area (Å²) in [7, 11) is 0. The number of hydrogen-bond donors (Lipinski definition) is 2. The number of fused-ring (bicyclic) bond motifs is 1. The second kappa shape index (κ2) is 7.03. The molecule has 0 amide bonds. The standard InChI is InChI=1S/C16H26N2OS/c17-18-14(10-12-6-8-19-9-7-12)16-11-13-4-2-1-3-5-15(13)20-16/h11-12,14,18H,1-10,17H2. The first kappa shape index (κ1) is 14.5. The van der Waals surface area contributed by atoms with Gasteiger partial charge < -0.3 is 4.74 Å². The van der Waals surface area contributed by atoms with E-state index < -0.39 is 0 Å². The molecule has 112 valence electrons. The van der Waals surface area contributed by atoms with Crippen molar-refractivity contribution in [3.63, 3.8) is 0 Å². The summed E-state index contributed by atoms with van der Waals surface area (Å²) in [6, 6.07) is 2.75. The van der Waals surface area contributed by atoms with Crippen LogP contribution in [0.4, 0.5) is 0 Å². The number of aryl methyl sites for hydroxylation is 2. The van der Waals surface area contributed by atoms with Gasteiger partial charge in [-0.25, -0.2) is 0 Å². The lowest BCUT2D eigenvalue weighted by molar-refractivity contribution is 0.0606. The van der Waals surface area contributed by atoms with Gasteiger partial charge in [-0.15, -0.1) is 11.3 Å². The molecule has 1 aromatic heterocycles. The van der Waals surface area contributed by atoms with Gasteiger partial charge in [-0.1, -0.05) is 6.42 Å². The van der Waals surface area contributed by atoms with Gasteiger partial charge >= 0.3 is 0 Å². The molecule has 0 saturated carbocycles. The predicted molar refractivity (Wildman–Crippen MR) is 83.8 cm³/mol. The molecule has 0 bridgehead atoms. The quantitative estimate of drug-likeness (QED) is 0.509. The molecule has 0 radical (unpaired) electrons. The SMILES string of the molecule is NNC(CC1CCOCC1)c1cc2c(s1)CCCCC2. The number of nitrogens with one attached hydrogen (secondary N) is 1. The summed E-state index contributed by atoms with van der Waals surface area (Å²) in [5, 5.41) is 0. The van der Waals surface area contributed by atoms with E-state index in [1.165, 1.54) is 49.8 Å². The van der Waals surface area contributed by atoms with Crippen molar-refractivity contribution < 1.29 is 4.74 Å². The first-order valence-electron chi connectivity index (χ1n) is 8.02. The van der Waals surface area contributed by atoms with Gasteiger partial charge in [-0.05, 0) is 62.5 Å². The van der Waals surface area contributed by atoms with Crippen LogP contribution >= 0.6 is 11.3 Å². The fraction of sp³-hybridized carbons (Fsp3) is 0.750. The second-order valence-electron chi connectivity index (χ2n) is 6.17. The Bertz CT molecular complexity index is 403. The molecule has 2 aliphatic rings. The van der Waals surface area contributed by atoms with Crippen molar-refractivity contribution in [2.75, 3.05) is 13.2 Å². The largest absolute Gasteiger partial charge is 0.381 e. The highest BCUT2D eigenvalue weighted by Crippen LogP contribution is 2.35. The minimum atomic E-state index is 0.329. The summed E-state index contributed by atoms with van der Waals surface area (Å²) in [5.41, 5.74) is 4.65. The van der Waals surface area contributed by atoms with Gasteiger partial charge in [0.05, 0.1) is 6.04 Å². The molecule has 4 heteroatoms.